The van der Waals surface area contributed by atoms with Crippen molar-refractivity contribution in [2.24, 2.45) is 4.99 Å². The van der Waals surface area contributed by atoms with Gasteiger partial charge in [-0.25, -0.2) is 15.0 Å². The standard InChI is InChI=1S/C23H29N7O/c1-3-24-22(29-13-15-30(16-14-29)23-25-10-4-11-26-23)27-12-9-20-17-31-21(28-20)19-7-5-18(2)6-8-19/h4-8,10-11,17H,3,9,12-16H2,1-2H3,(H,24,27). The van der Waals surface area contributed by atoms with Crippen molar-refractivity contribution in [3.05, 3.63) is 60.2 Å². The third kappa shape index (κ3) is 5.39. The van der Waals surface area contributed by atoms with E-state index in [0.717, 1.165) is 62.3 Å². The molecule has 0 aliphatic carbocycles. The molecule has 3 heterocycles. The number of oxazole rings is 1. The van der Waals surface area contributed by atoms with Crippen LogP contribution in [0.4, 0.5) is 5.95 Å². The normalized spacial score (nSPS) is 14.7. The predicted octanol–water partition coefficient (Wildman–Crippen LogP) is 2.77. The third-order valence-electron chi connectivity index (χ3n) is 5.23. The number of hydrogen-bond acceptors (Lipinski definition) is 6. The van der Waals surface area contributed by atoms with Crippen molar-refractivity contribution in [1.29, 1.82) is 0 Å². The number of guanidine groups is 1. The highest BCUT2D eigenvalue weighted by atomic mass is 16.3. The van der Waals surface area contributed by atoms with Gasteiger partial charge in [-0.3, -0.25) is 4.99 Å². The van der Waals surface area contributed by atoms with Gasteiger partial charge < -0.3 is 19.5 Å². The summed E-state index contributed by atoms with van der Waals surface area (Å²) in [4.78, 5) is 22.7. The lowest BCUT2D eigenvalue weighted by Crippen LogP contribution is -2.53. The van der Waals surface area contributed by atoms with E-state index < -0.39 is 0 Å². The fraction of sp³-hybridized carbons (Fsp3) is 0.391. The second-order valence-electron chi connectivity index (χ2n) is 7.52. The molecule has 0 amide bonds. The predicted molar refractivity (Wildman–Crippen MR) is 122 cm³/mol. The Labute approximate surface area is 183 Å². The van der Waals surface area contributed by atoms with Gasteiger partial charge in [-0.15, -0.1) is 0 Å². The maximum Gasteiger partial charge on any atom is 0.226 e. The van der Waals surface area contributed by atoms with Crippen LogP contribution in [0.1, 0.15) is 18.2 Å². The van der Waals surface area contributed by atoms with Gasteiger partial charge in [0.05, 0.1) is 5.69 Å². The molecule has 162 valence electrons. The molecule has 8 heteroatoms. The second-order valence-corrected chi connectivity index (χ2v) is 7.52. The molecule has 0 atom stereocenters. The first kappa shape index (κ1) is 20.8. The molecule has 0 bridgehead atoms. The molecule has 1 saturated heterocycles. The molecule has 1 aromatic carbocycles. The lowest BCUT2D eigenvalue weighted by Gasteiger charge is -2.36. The Kier molecular flexibility index (Phi) is 6.76. The molecular weight excluding hydrogens is 390 g/mol. The van der Waals surface area contributed by atoms with E-state index in [1.54, 1.807) is 18.7 Å². The van der Waals surface area contributed by atoms with Gasteiger partial charge in [0.1, 0.15) is 6.26 Å². The largest absolute Gasteiger partial charge is 0.444 e. The molecule has 0 saturated carbocycles. The van der Waals surface area contributed by atoms with Crippen molar-refractivity contribution < 1.29 is 4.42 Å². The number of benzene rings is 1. The summed E-state index contributed by atoms with van der Waals surface area (Å²) in [6, 6.07) is 10.0. The van der Waals surface area contributed by atoms with Gasteiger partial charge in [-0.05, 0) is 32.0 Å². The molecule has 1 N–H and O–H groups in total. The Morgan fingerprint density at radius 1 is 1.10 bits per heavy atom. The van der Waals surface area contributed by atoms with Crippen LogP contribution in [-0.2, 0) is 6.42 Å². The molecule has 0 spiro atoms. The van der Waals surface area contributed by atoms with E-state index in [9.17, 15) is 0 Å². The first-order chi connectivity index (χ1) is 15.2. The van der Waals surface area contributed by atoms with Crippen molar-refractivity contribution in [3.63, 3.8) is 0 Å². The Morgan fingerprint density at radius 3 is 2.55 bits per heavy atom. The molecule has 2 aromatic heterocycles. The highest BCUT2D eigenvalue weighted by Crippen LogP contribution is 2.19. The summed E-state index contributed by atoms with van der Waals surface area (Å²) < 4.78 is 5.66. The summed E-state index contributed by atoms with van der Waals surface area (Å²) in [7, 11) is 0. The fourth-order valence-electron chi connectivity index (χ4n) is 3.53. The zero-order valence-corrected chi connectivity index (χ0v) is 18.2. The van der Waals surface area contributed by atoms with E-state index in [0.29, 0.717) is 12.4 Å². The number of piperazine rings is 1. The average molecular weight is 420 g/mol. The number of nitrogens with one attached hydrogen (secondary N) is 1. The van der Waals surface area contributed by atoms with E-state index in [4.69, 9.17) is 9.41 Å². The molecule has 0 unspecified atom stereocenters. The van der Waals surface area contributed by atoms with Crippen molar-refractivity contribution in [2.75, 3.05) is 44.2 Å². The van der Waals surface area contributed by atoms with Gasteiger partial charge in [-0.2, -0.15) is 0 Å². The summed E-state index contributed by atoms with van der Waals surface area (Å²) >= 11 is 0. The van der Waals surface area contributed by atoms with Crippen LogP contribution in [0.5, 0.6) is 0 Å². The van der Waals surface area contributed by atoms with Crippen LogP contribution in [0.3, 0.4) is 0 Å². The van der Waals surface area contributed by atoms with Gasteiger partial charge in [0.15, 0.2) is 5.96 Å². The smallest absolute Gasteiger partial charge is 0.226 e. The molecule has 1 aliphatic rings. The third-order valence-corrected chi connectivity index (χ3v) is 5.23. The Morgan fingerprint density at radius 2 is 1.84 bits per heavy atom. The monoisotopic (exact) mass is 419 g/mol. The van der Waals surface area contributed by atoms with E-state index in [2.05, 4.69) is 56.0 Å². The van der Waals surface area contributed by atoms with Gasteiger partial charge in [0, 0.05) is 63.6 Å². The number of rotatable bonds is 6. The molecule has 1 aliphatic heterocycles. The molecule has 0 radical (unpaired) electrons. The number of aryl methyl sites for hydroxylation is 1. The Balaban J connectivity index is 1.33. The Bertz CT molecular complexity index is 977. The van der Waals surface area contributed by atoms with E-state index in [1.807, 2.05) is 18.2 Å². The number of hydrogen-bond donors (Lipinski definition) is 1. The summed E-state index contributed by atoms with van der Waals surface area (Å²) in [5.74, 6) is 2.39. The minimum Gasteiger partial charge on any atom is -0.444 e. The van der Waals surface area contributed by atoms with Crippen LogP contribution in [-0.4, -0.2) is 65.1 Å². The number of aromatic nitrogens is 3. The molecule has 4 rings (SSSR count). The average Bonchev–Trinajstić information content (AvgIpc) is 3.29. The van der Waals surface area contributed by atoms with Crippen molar-refractivity contribution in [3.8, 4) is 11.5 Å². The summed E-state index contributed by atoms with van der Waals surface area (Å²) in [5.41, 5.74) is 3.13. The summed E-state index contributed by atoms with van der Waals surface area (Å²) in [6.45, 7) is 9.16. The van der Waals surface area contributed by atoms with Crippen LogP contribution in [0.2, 0.25) is 0 Å². The SMILES string of the molecule is CCNC(=NCCc1coc(-c2ccc(C)cc2)n1)N1CCN(c2ncccn2)CC1. The molecule has 8 nitrogen and oxygen atoms in total. The number of aliphatic imine (C=N–C) groups is 1. The van der Waals surface area contributed by atoms with E-state index in [-0.39, 0.29) is 0 Å². The zero-order valence-electron chi connectivity index (χ0n) is 18.2. The first-order valence-electron chi connectivity index (χ1n) is 10.8. The van der Waals surface area contributed by atoms with Crippen LogP contribution < -0.4 is 10.2 Å². The van der Waals surface area contributed by atoms with Crippen molar-refractivity contribution in [2.45, 2.75) is 20.3 Å². The molecule has 1 fully saturated rings. The van der Waals surface area contributed by atoms with Crippen LogP contribution >= 0.6 is 0 Å². The highest BCUT2D eigenvalue weighted by molar-refractivity contribution is 5.80. The minimum atomic E-state index is 0.657. The second kappa shape index (κ2) is 10.1. The lowest BCUT2D eigenvalue weighted by atomic mass is 10.1. The topological polar surface area (TPSA) is 82.7 Å². The van der Waals surface area contributed by atoms with Gasteiger partial charge in [0.2, 0.25) is 11.8 Å². The maximum absolute atomic E-state index is 5.66. The van der Waals surface area contributed by atoms with Crippen molar-refractivity contribution in [1.82, 2.24) is 25.2 Å². The van der Waals surface area contributed by atoms with Gasteiger partial charge in [-0.1, -0.05) is 17.7 Å². The molecular formula is C23H29N7O. The maximum atomic E-state index is 5.66. The molecule has 3 aromatic rings. The zero-order chi connectivity index (χ0) is 21.5. The van der Waals surface area contributed by atoms with E-state index in [1.165, 1.54) is 5.56 Å². The van der Waals surface area contributed by atoms with E-state index >= 15 is 0 Å². The molecule has 31 heavy (non-hydrogen) atoms. The van der Waals surface area contributed by atoms with Crippen molar-refractivity contribution >= 4 is 11.9 Å². The minimum absolute atomic E-state index is 0.657. The first-order valence-corrected chi connectivity index (χ1v) is 10.8. The summed E-state index contributed by atoms with van der Waals surface area (Å²) in [6.07, 6.45) is 6.04. The van der Waals surface area contributed by atoms with Crippen LogP contribution in [0.15, 0.2) is 58.4 Å². The number of nitrogens with zero attached hydrogens (tertiary/aromatic N) is 6. The van der Waals surface area contributed by atoms with Gasteiger partial charge in [0.25, 0.3) is 0 Å². The highest BCUT2D eigenvalue weighted by Gasteiger charge is 2.21. The Hall–Kier alpha value is -3.42. The fourth-order valence-corrected chi connectivity index (χ4v) is 3.53. The number of anilines is 1. The lowest BCUT2D eigenvalue weighted by molar-refractivity contribution is 0.370. The van der Waals surface area contributed by atoms with Crippen LogP contribution in [0, 0.1) is 6.92 Å². The van der Waals surface area contributed by atoms with Crippen LogP contribution in [0.25, 0.3) is 11.5 Å². The quantitative estimate of drug-likeness (QED) is 0.486. The summed E-state index contributed by atoms with van der Waals surface area (Å²) in [5, 5.41) is 3.41. The van der Waals surface area contributed by atoms with Gasteiger partial charge >= 0.3 is 0 Å².